The van der Waals surface area contributed by atoms with Crippen LogP contribution < -0.4 is 10.1 Å². The van der Waals surface area contributed by atoms with Crippen molar-refractivity contribution in [3.8, 4) is 5.75 Å². The molecule has 1 saturated heterocycles. The number of amides is 1. The standard InChI is InChI=1S/C24H33N3O4S/c1-18-13-15-27(16-14-18)32(29,30)20-11-9-19(10-12-20)24(28)25-17-22(26(2)3)21-7-5-6-8-23(21)31-4/h5-12,18,22H,13-17H2,1-4H3,(H,25,28)/t22-/m1/s1. The molecule has 0 saturated carbocycles. The quantitative estimate of drug-likeness (QED) is 0.656. The van der Waals surface area contributed by atoms with Gasteiger partial charge in [0.15, 0.2) is 0 Å². The monoisotopic (exact) mass is 459 g/mol. The van der Waals surface area contributed by atoms with Crippen molar-refractivity contribution >= 4 is 15.9 Å². The Labute approximate surface area is 191 Å². The number of hydrogen-bond acceptors (Lipinski definition) is 5. The van der Waals surface area contributed by atoms with Crippen LogP contribution in [0.3, 0.4) is 0 Å². The Balaban J connectivity index is 1.68. The average Bonchev–Trinajstić information content (AvgIpc) is 2.79. The maximum Gasteiger partial charge on any atom is 0.251 e. The van der Waals surface area contributed by atoms with Crippen LogP contribution in [0.25, 0.3) is 0 Å². The van der Waals surface area contributed by atoms with Gasteiger partial charge in [0.25, 0.3) is 5.91 Å². The number of nitrogens with zero attached hydrogens (tertiary/aromatic N) is 2. The molecule has 2 aromatic rings. The first-order valence-corrected chi connectivity index (χ1v) is 12.4. The molecule has 32 heavy (non-hydrogen) atoms. The van der Waals surface area contributed by atoms with E-state index in [1.807, 2.05) is 43.3 Å². The van der Waals surface area contributed by atoms with Gasteiger partial charge in [-0.05, 0) is 63.2 Å². The number of piperidine rings is 1. The summed E-state index contributed by atoms with van der Waals surface area (Å²) >= 11 is 0. The van der Waals surface area contributed by atoms with E-state index < -0.39 is 10.0 Å². The van der Waals surface area contributed by atoms with Gasteiger partial charge >= 0.3 is 0 Å². The fourth-order valence-corrected chi connectivity index (χ4v) is 5.43. The lowest BCUT2D eigenvalue weighted by Gasteiger charge is -2.29. The third-order valence-electron chi connectivity index (χ3n) is 6.07. The molecule has 0 spiro atoms. The average molecular weight is 460 g/mol. The van der Waals surface area contributed by atoms with Gasteiger partial charge in [-0.25, -0.2) is 8.42 Å². The van der Waals surface area contributed by atoms with Gasteiger partial charge in [0.05, 0.1) is 18.0 Å². The summed E-state index contributed by atoms with van der Waals surface area (Å²) in [4.78, 5) is 15.0. The van der Waals surface area contributed by atoms with Crippen LogP contribution in [0.4, 0.5) is 0 Å². The largest absolute Gasteiger partial charge is 0.496 e. The molecule has 0 aliphatic carbocycles. The van der Waals surface area contributed by atoms with Crippen LogP contribution in [0, 0.1) is 5.92 Å². The number of carbonyl (C=O) groups is 1. The first kappa shape index (κ1) is 24.2. The van der Waals surface area contributed by atoms with Gasteiger partial charge in [-0.2, -0.15) is 4.31 Å². The van der Waals surface area contributed by atoms with Gasteiger partial charge in [-0.15, -0.1) is 0 Å². The van der Waals surface area contributed by atoms with E-state index in [9.17, 15) is 13.2 Å². The molecule has 174 valence electrons. The van der Waals surface area contributed by atoms with E-state index in [1.165, 1.54) is 16.4 Å². The van der Waals surface area contributed by atoms with Crippen molar-refractivity contribution in [1.82, 2.24) is 14.5 Å². The predicted molar refractivity (Wildman–Crippen MR) is 125 cm³/mol. The molecule has 1 fully saturated rings. The summed E-state index contributed by atoms with van der Waals surface area (Å²) in [5.41, 5.74) is 1.41. The number of rotatable bonds is 8. The van der Waals surface area contributed by atoms with E-state index in [0.29, 0.717) is 31.1 Å². The summed E-state index contributed by atoms with van der Waals surface area (Å²) in [5.74, 6) is 1.07. The molecular weight excluding hydrogens is 426 g/mol. The van der Waals surface area contributed by atoms with E-state index in [1.54, 1.807) is 19.2 Å². The maximum atomic E-state index is 12.9. The zero-order valence-corrected chi connectivity index (χ0v) is 20.1. The summed E-state index contributed by atoms with van der Waals surface area (Å²) < 4.78 is 32.8. The SMILES string of the molecule is COc1ccccc1[C@@H](CNC(=O)c1ccc(S(=O)(=O)N2CCC(C)CC2)cc1)N(C)C. The second kappa shape index (κ2) is 10.5. The Morgan fingerprint density at radius 3 is 2.34 bits per heavy atom. The molecular formula is C24H33N3O4S. The van der Waals surface area contributed by atoms with Crippen LogP contribution in [-0.4, -0.2) is 64.4 Å². The molecule has 0 bridgehead atoms. The summed E-state index contributed by atoms with van der Waals surface area (Å²) in [6.07, 6.45) is 1.75. The van der Waals surface area contributed by atoms with E-state index in [0.717, 1.165) is 24.2 Å². The Bertz CT molecular complexity index is 1010. The third-order valence-corrected chi connectivity index (χ3v) is 7.99. The van der Waals surface area contributed by atoms with Crippen molar-refractivity contribution in [2.24, 2.45) is 5.92 Å². The van der Waals surface area contributed by atoms with Gasteiger partial charge in [-0.1, -0.05) is 25.1 Å². The minimum absolute atomic E-state index is 0.0729. The number of methoxy groups -OCH3 is 1. The molecule has 2 aromatic carbocycles. The van der Waals surface area contributed by atoms with E-state index in [-0.39, 0.29) is 16.8 Å². The fraction of sp³-hybridized carbons (Fsp3) is 0.458. The van der Waals surface area contributed by atoms with Gasteiger partial charge in [0.1, 0.15) is 5.75 Å². The first-order valence-electron chi connectivity index (χ1n) is 10.9. The summed E-state index contributed by atoms with van der Waals surface area (Å²) in [7, 11) is 2.00. The van der Waals surface area contributed by atoms with Crippen LogP contribution in [-0.2, 0) is 10.0 Å². The Morgan fingerprint density at radius 2 is 1.75 bits per heavy atom. The van der Waals surface area contributed by atoms with Crippen molar-refractivity contribution in [2.45, 2.75) is 30.7 Å². The van der Waals surface area contributed by atoms with Crippen LogP contribution in [0.1, 0.15) is 41.7 Å². The van der Waals surface area contributed by atoms with Crippen molar-refractivity contribution in [3.05, 3.63) is 59.7 Å². The molecule has 1 amide bonds. The second-order valence-electron chi connectivity index (χ2n) is 8.54. The zero-order valence-electron chi connectivity index (χ0n) is 19.2. The lowest BCUT2D eigenvalue weighted by molar-refractivity contribution is 0.0941. The third kappa shape index (κ3) is 5.49. The van der Waals surface area contributed by atoms with Crippen molar-refractivity contribution in [2.75, 3.05) is 40.8 Å². The highest BCUT2D eigenvalue weighted by Gasteiger charge is 2.28. The second-order valence-corrected chi connectivity index (χ2v) is 10.5. The highest BCUT2D eigenvalue weighted by molar-refractivity contribution is 7.89. The molecule has 1 N–H and O–H groups in total. The summed E-state index contributed by atoms with van der Waals surface area (Å²) in [5, 5.41) is 2.96. The lowest BCUT2D eigenvalue weighted by Crippen LogP contribution is -2.38. The van der Waals surface area contributed by atoms with Gasteiger partial charge in [0, 0.05) is 30.8 Å². The molecule has 7 nitrogen and oxygen atoms in total. The van der Waals surface area contributed by atoms with E-state index in [2.05, 4.69) is 12.2 Å². The fourth-order valence-electron chi connectivity index (χ4n) is 3.96. The van der Waals surface area contributed by atoms with Gasteiger partial charge in [-0.3, -0.25) is 4.79 Å². The highest BCUT2D eigenvalue weighted by atomic mass is 32.2. The normalized spacial score (nSPS) is 16.7. The van der Waals surface area contributed by atoms with E-state index >= 15 is 0 Å². The van der Waals surface area contributed by atoms with Crippen LogP contribution >= 0.6 is 0 Å². The summed E-state index contributed by atoms with van der Waals surface area (Å²) in [6.45, 7) is 3.62. The smallest absolute Gasteiger partial charge is 0.251 e. The number of carbonyl (C=O) groups excluding carboxylic acids is 1. The minimum atomic E-state index is -3.53. The predicted octanol–water partition coefficient (Wildman–Crippen LogP) is 3.15. The highest BCUT2D eigenvalue weighted by Crippen LogP contribution is 2.27. The van der Waals surface area contributed by atoms with Crippen molar-refractivity contribution in [1.29, 1.82) is 0 Å². The molecule has 8 heteroatoms. The molecule has 0 aromatic heterocycles. The minimum Gasteiger partial charge on any atom is -0.496 e. The Morgan fingerprint density at radius 1 is 1.12 bits per heavy atom. The topological polar surface area (TPSA) is 78.9 Å². The van der Waals surface area contributed by atoms with E-state index in [4.69, 9.17) is 4.74 Å². The maximum absolute atomic E-state index is 12.9. The molecule has 1 aliphatic heterocycles. The number of hydrogen-bond donors (Lipinski definition) is 1. The van der Waals surface area contributed by atoms with Gasteiger partial charge in [0.2, 0.25) is 10.0 Å². The lowest BCUT2D eigenvalue weighted by atomic mass is 10.0. The van der Waals surface area contributed by atoms with Crippen LogP contribution in [0.2, 0.25) is 0 Å². The Kier molecular flexibility index (Phi) is 7.92. The molecule has 1 heterocycles. The number of sulfonamides is 1. The number of likely N-dealkylation sites (N-methyl/N-ethyl adjacent to an activating group) is 1. The van der Waals surface area contributed by atoms with Crippen LogP contribution in [0.15, 0.2) is 53.4 Å². The molecule has 3 rings (SSSR count). The first-order chi connectivity index (χ1) is 15.2. The summed E-state index contributed by atoms with van der Waals surface area (Å²) in [6, 6.07) is 13.8. The number of para-hydroxylation sites is 1. The Hall–Kier alpha value is -2.42. The van der Waals surface area contributed by atoms with Crippen molar-refractivity contribution < 1.29 is 17.9 Å². The number of ether oxygens (including phenoxy) is 1. The zero-order chi connectivity index (χ0) is 23.3. The van der Waals surface area contributed by atoms with Crippen molar-refractivity contribution in [3.63, 3.8) is 0 Å². The number of nitrogens with one attached hydrogen (secondary N) is 1. The van der Waals surface area contributed by atoms with Gasteiger partial charge < -0.3 is 15.0 Å². The molecule has 1 atom stereocenters. The van der Waals surface area contributed by atoms with Crippen LogP contribution in [0.5, 0.6) is 5.75 Å². The molecule has 1 aliphatic rings. The molecule has 0 unspecified atom stereocenters. The molecule has 0 radical (unpaired) electrons. The number of benzene rings is 2.